The molecule has 0 radical (unpaired) electrons. The Morgan fingerprint density at radius 2 is 2.10 bits per heavy atom. The molecule has 0 bridgehead atoms. The molecule has 1 N–H and O–H groups in total. The smallest absolute Gasteiger partial charge is 0.224 e. The van der Waals surface area contributed by atoms with Crippen molar-refractivity contribution >= 4 is 18.3 Å². The van der Waals surface area contributed by atoms with Gasteiger partial charge in [0, 0.05) is 25.0 Å². The molecule has 2 rings (SSSR count). The first-order chi connectivity index (χ1) is 9.70. The lowest BCUT2D eigenvalue weighted by Crippen LogP contribution is -2.40. The first-order valence-electron chi connectivity index (χ1n) is 7.77. The van der Waals surface area contributed by atoms with Crippen molar-refractivity contribution in [3.05, 3.63) is 35.9 Å². The standard InChI is InChI=1S/C17H26N2O.ClH/c1-3-14(2)19(13-15-8-5-4-6-9-15)17(20)12-16-10-7-11-18-16;/h4-6,8-9,14,16,18H,3,7,10-13H2,1-2H3;1H. The van der Waals surface area contributed by atoms with Gasteiger partial charge in [0.1, 0.15) is 0 Å². The lowest BCUT2D eigenvalue weighted by Gasteiger charge is -2.30. The van der Waals surface area contributed by atoms with Gasteiger partial charge in [-0.3, -0.25) is 4.79 Å². The predicted molar refractivity (Wildman–Crippen MR) is 89.6 cm³/mol. The molecule has 3 nitrogen and oxygen atoms in total. The number of nitrogens with one attached hydrogen (secondary N) is 1. The van der Waals surface area contributed by atoms with Crippen molar-refractivity contribution in [1.82, 2.24) is 10.2 Å². The van der Waals surface area contributed by atoms with Crippen molar-refractivity contribution in [3.8, 4) is 0 Å². The summed E-state index contributed by atoms with van der Waals surface area (Å²) in [5, 5.41) is 3.42. The maximum absolute atomic E-state index is 12.6. The van der Waals surface area contributed by atoms with Crippen LogP contribution in [0.3, 0.4) is 0 Å². The molecular weight excluding hydrogens is 284 g/mol. The van der Waals surface area contributed by atoms with Crippen LogP contribution in [-0.2, 0) is 11.3 Å². The van der Waals surface area contributed by atoms with Crippen LogP contribution in [-0.4, -0.2) is 29.4 Å². The molecule has 1 aliphatic rings. The summed E-state index contributed by atoms with van der Waals surface area (Å²) in [4.78, 5) is 14.6. The number of hydrogen-bond donors (Lipinski definition) is 1. The molecule has 21 heavy (non-hydrogen) atoms. The lowest BCUT2D eigenvalue weighted by atomic mass is 10.1. The Hall–Kier alpha value is -1.06. The summed E-state index contributed by atoms with van der Waals surface area (Å²) < 4.78 is 0. The average molecular weight is 311 g/mol. The molecule has 0 spiro atoms. The van der Waals surface area contributed by atoms with Crippen molar-refractivity contribution in [2.45, 2.75) is 58.2 Å². The fraction of sp³-hybridized carbons (Fsp3) is 0.588. The van der Waals surface area contributed by atoms with Gasteiger partial charge in [0.2, 0.25) is 5.91 Å². The van der Waals surface area contributed by atoms with Crippen LogP contribution in [0.15, 0.2) is 30.3 Å². The monoisotopic (exact) mass is 310 g/mol. The van der Waals surface area contributed by atoms with Gasteiger partial charge in [-0.1, -0.05) is 37.3 Å². The number of carbonyl (C=O) groups is 1. The van der Waals surface area contributed by atoms with E-state index < -0.39 is 0 Å². The fourth-order valence-electron chi connectivity index (χ4n) is 2.75. The molecule has 4 heteroatoms. The van der Waals surface area contributed by atoms with E-state index in [2.05, 4.69) is 31.3 Å². The van der Waals surface area contributed by atoms with Crippen molar-refractivity contribution in [3.63, 3.8) is 0 Å². The van der Waals surface area contributed by atoms with Crippen molar-refractivity contribution in [2.24, 2.45) is 0 Å². The highest BCUT2D eigenvalue weighted by Crippen LogP contribution is 2.16. The Labute approximate surface area is 134 Å². The van der Waals surface area contributed by atoms with Crippen LogP contribution in [0.25, 0.3) is 0 Å². The van der Waals surface area contributed by atoms with E-state index in [0.717, 1.165) is 25.9 Å². The average Bonchev–Trinajstić information content (AvgIpc) is 2.98. The first-order valence-corrected chi connectivity index (χ1v) is 7.77. The molecule has 0 aliphatic carbocycles. The minimum Gasteiger partial charge on any atom is -0.336 e. The molecule has 1 aliphatic heterocycles. The van der Waals surface area contributed by atoms with Gasteiger partial charge in [0.15, 0.2) is 0 Å². The Balaban J connectivity index is 0.00000220. The minimum absolute atomic E-state index is 0. The largest absolute Gasteiger partial charge is 0.336 e. The zero-order chi connectivity index (χ0) is 14.4. The molecule has 1 fully saturated rings. The van der Waals surface area contributed by atoms with Gasteiger partial charge in [-0.05, 0) is 38.3 Å². The summed E-state index contributed by atoms with van der Waals surface area (Å²) in [5.41, 5.74) is 1.21. The quantitative estimate of drug-likeness (QED) is 0.873. The summed E-state index contributed by atoms with van der Waals surface area (Å²) in [6.07, 6.45) is 3.96. The second-order valence-corrected chi connectivity index (χ2v) is 5.76. The number of halogens is 1. The van der Waals surface area contributed by atoms with Gasteiger partial charge in [0.05, 0.1) is 0 Å². The molecule has 0 saturated carbocycles. The minimum atomic E-state index is 0. The molecule has 1 amide bonds. The number of rotatable bonds is 6. The first kappa shape index (κ1) is 18.0. The zero-order valence-electron chi connectivity index (χ0n) is 13.0. The fourth-order valence-corrected chi connectivity index (χ4v) is 2.75. The van der Waals surface area contributed by atoms with E-state index in [-0.39, 0.29) is 18.3 Å². The maximum atomic E-state index is 12.6. The van der Waals surface area contributed by atoms with E-state index in [0.29, 0.717) is 18.5 Å². The molecule has 1 aromatic rings. The number of nitrogens with zero attached hydrogens (tertiary/aromatic N) is 1. The van der Waals surface area contributed by atoms with Gasteiger partial charge < -0.3 is 10.2 Å². The van der Waals surface area contributed by atoms with Crippen LogP contribution < -0.4 is 5.32 Å². The molecule has 118 valence electrons. The zero-order valence-corrected chi connectivity index (χ0v) is 13.9. The van der Waals surface area contributed by atoms with Crippen LogP contribution in [0.5, 0.6) is 0 Å². The Bertz CT molecular complexity index is 418. The maximum Gasteiger partial charge on any atom is 0.224 e. The SMILES string of the molecule is CCC(C)N(Cc1ccccc1)C(=O)CC1CCCN1.Cl. The molecule has 0 aromatic heterocycles. The molecular formula is C17H27ClN2O. The predicted octanol–water partition coefficient (Wildman–Crippen LogP) is 3.38. The highest BCUT2D eigenvalue weighted by atomic mass is 35.5. The van der Waals surface area contributed by atoms with Crippen LogP contribution in [0, 0.1) is 0 Å². The van der Waals surface area contributed by atoms with Gasteiger partial charge in [-0.25, -0.2) is 0 Å². The van der Waals surface area contributed by atoms with E-state index in [1.165, 1.54) is 12.0 Å². The molecule has 1 heterocycles. The Morgan fingerprint density at radius 3 is 2.67 bits per heavy atom. The van der Waals surface area contributed by atoms with E-state index in [9.17, 15) is 4.79 Å². The van der Waals surface area contributed by atoms with Gasteiger partial charge in [-0.15, -0.1) is 12.4 Å². The molecule has 1 saturated heterocycles. The van der Waals surface area contributed by atoms with Gasteiger partial charge in [-0.2, -0.15) is 0 Å². The van der Waals surface area contributed by atoms with Gasteiger partial charge >= 0.3 is 0 Å². The van der Waals surface area contributed by atoms with Crippen LogP contribution in [0.1, 0.15) is 45.1 Å². The Kier molecular flexibility index (Phi) is 7.76. The summed E-state index contributed by atoms with van der Waals surface area (Å²) in [7, 11) is 0. The topological polar surface area (TPSA) is 32.3 Å². The van der Waals surface area contributed by atoms with Crippen LogP contribution in [0.2, 0.25) is 0 Å². The second-order valence-electron chi connectivity index (χ2n) is 5.76. The third kappa shape index (κ3) is 5.33. The second kappa shape index (κ2) is 9.06. The molecule has 1 aromatic carbocycles. The number of amides is 1. The summed E-state index contributed by atoms with van der Waals surface area (Å²) in [5.74, 6) is 0.280. The third-order valence-electron chi connectivity index (χ3n) is 4.22. The van der Waals surface area contributed by atoms with E-state index in [4.69, 9.17) is 0 Å². The highest BCUT2D eigenvalue weighted by Gasteiger charge is 2.24. The van der Waals surface area contributed by atoms with Gasteiger partial charge in [0.25, 0.3) is 0 Å². The van der Waals surface area contributed by atoms with Crippen molar-refractivity contribution < 1.29 is 4.79 Å². The number of hydrogen-bond acceptors (Lipinski definition) is 2. The number of carbonyl (C=O) groups excluding carboxylic acids is 1. The third-order valence-corrected chi connectivity index (χ3v) is 4.22. The Morgan fingerprint density at radius 1 is 1.38 bits per heavy atom. The summed E-state index contributed by atoms with van der Waals surface area (Å²) in [6.45, 7) is 6.06. The van der Waals surface area contributed by atoms with E-state index in [1.54, 1.807) is 0 Å². The number of benzene rings is 1. The summed E-state index contributed by atoms with van der Waals surface area (Å²) >= 11 is 0. The van der Waals surface area contributed by atoms with E-state index >= 15 is 0 Å². The normalized spacial score (nSPS) is 18.9. The van der Waals surface area contributed by atoms with Crippen molar-refractivity contribution in [1.29, 1.82) is 0 Å². The van der Waals surface area contributed by atoms with Crippen molar-refractivity contribution in [2.75, 3.05) is 6.54 Å². The van der Waals surface area contributed by atoms with E-state index in [1.807, 2.05) is 23.1 Å². The lowest BCUT2D eigenvalue weighted by molar-refractivity contribution is -0.134. The highest BCUT2D eigenvalue weighted by molar-refractivity contribution is 5.85. The summed E-state index contributed by atoms with van der Waals surface area (Å²) in [6, 6.07) is 10.9. The van der Waals surface area contributed by atoms with Crippen LogP contribution >= 0.6 is 12.4 Å². The molecule has 2 atom stereocenters. The van der Waals surface area contributed by atoms with Crippen LogP contribution in [0.4, 0.5) is 0 Å². The molecule has 2 unspecified atom stereocenters.